The van der Waals surface area contributed by atoms with Crippen LogP contribution in [-0.2, 0) is 10.2 Å². The van der Waals surface area contributed by atoms with Crippen LogP contribution in [-0.4, -0.2) is 41.6 Å². The van der Waals surface area contributed by atoms with Gasteiger partial charge in [0.05, 0.1) is 5.41 Å². The van der Waals surface area contributed by atoms with Crippen molar-refractivity contribution < 1.29 is 15.4 Å². The van der Waals surface area contributed by atoms with Crippen LogP contribution in [0.25, 0.3) is 0 Å². The van der Waals surface area contributed by atoms with Gasteiger partial charge in [-0.25, -0.2) is 0 Å². The van der Waals surface area contributed by atoms with Crippen molar-refractivity contribution in [3.05, 3.63) is 35.9 Å². The van der Waals surface area contributed by atoms with Gasteiger partial charge in [-0.15, -0.1) is 0 Å². The van der Waals surface area contributed by atoms with E-state index in [0.29, 0.717) is 12.8 Å². The Hall–Kier alpha value is -1.39. The van der Waals surface area contributed by atoms with E-state index in [2.05, 4.69) is 4.90 Å². The van der Waals surface area contributed by atoms with Gasteiger partial charge in [-0.05, 0) is 38.5 Å². The van der Waals surface area contributed by atoms with E-state index in [-0.39, 0.29) is 5.48 Å². The summed E-state index contributed by atoms with van der Waals surface area (Å²) in [5.74, 6) is -0.688. The zero-order chi connectivity index (χ0) is 11.6. The highest BCUT2D eigenvalue weighted by molar-refractivity contribution is 5.81. The van der Waals surface area contributed by atoms with Gasteiger partial charge in [0, 0.05) is 0 Å². The molecule has 1 fully saturated rings. The Balaban J connectivity index is 0.00000144. The van der Waals surface area contributed by atoms with Crippen molar-refractivity contribution in [3.8, 4) is 0 Å². The molecule has 4 heteroatoms. The average Bonchev–Trinajstić information content (AvgIpc) is 2.31. The third-order valence-electron chi connectivity index (χ3n) is 3.58. The highest BCUT2D eigenvalue weighted by Crippen LogP contribution is 2.35. The largest absolute Gasteiger partial charge is 0.481 e. The number of piperidine rings is 1. The molecule has 4 nitrogen and oxygen atoms in total. The molecular weight excluding hydrogens is 218 g/mol. The summed E-state index contributed by atoms with van der Waals surface area (Å²) in [6, 6.07) is 9.61. The maximum Gasteiger partial charge on any atom is 0.314 e. The molecule has 2 rings (SSSR count). The molecule has 0 saturated carbocycles. The summed E-state index contributed by atoms with van der Waals surface area (Å²) in [5.41, 5.74) is 0.268. The van der Waals surface area contributed by atoms with Crippen LogP contribution in [0.3, 0.4) is 0 Å². The van der Waals surface area contributed by atoms with Crippen LogP contribution >= 0.6 is 0 Å². The van der Waals surface area contributed by atoms with Gasteiger partial charge < -0.3 is 15.5 Å². The van der Waals surface area contributed by atoms with Crippen molar-refractivity contribution in [3.63, 3.8) is 0 Å². The number of carboxylic acid groups (broad SMARTS) is 1. The lowest BCUT2D eigenvalue weighted by Gasteiger charge is -2.37. The predicted octanol–water partition coefficient (Wildman–Crippen LogP) is 0.910. The van der Waals surface area contributed by atoms with E-state index >= 15 is 0 Å². The van der Waals surface area contributed by atoms with Crippen molar-refractivity contribution >= 4 is 5.97 Å². The Morgan fingerprint density at radius 1 is 1.24 bits per heavy atom. The highest BCUT2D eigenvalue weighted by Gasteiger charge is 2.42. The van der Waals surface area contributed by atoms with E-state index < -0.39 is 11.4 Å². The van der Waals surface area contributed by atoms with Crippen LogP contribution < -0.4 is 0 Å². The summed E-state index contributed by atoms with van der Waals surface area (Å²) in [4.78, 5) is 13.7. The SMILES string of the molecule is CN1CCC(C(=O)O)(c2ccccc2)CC1.O. The second-order valence-electron chi connectivity index (χ2n) is 4.56. The van der Waals surface area contributed by atoms with Gasteiger partial charge in [0.25, 0.3) is 0 Å². The molecule has 0 unspecified atom stereocenters. The molecule has 1 heterocycles. The lowest BCUT2D eigenvalue weighted by molar-refractivity contribution is -0.145. The fourth-order valence-electron chi connectivity index (χ4n) is 2.38. The summed E-state index contributed by atoms with van der Waals surface area (Å²) >= 11 is 0. The van der Waals surface area contributed by atoms with Crippen molar-refractivity contribution in [2.24, 2.45) is 0 Å². The fourth-order valence-corrected chi connectivity index (χ4v) is 2.38. The zero-order valence-electron chi connectivity index (χ0n) is 10.0. The van der Waals surface area contributed by atoms with Crippen molar-refractivity contribution in [2.45, 2.75) is 18.3 Å². The summed E-state index contributed by atoms with van der Waals surface area (Å²) in [7, 11) is 2.04. The normalized spacial score (nSPS) is 19.4. The standard InChI is InChI=1S/C13H17NO2.H2O/c1-14-9-7-13(8-10-14,12(15)16)11-5-3-2-4-6-11;/h2-6H,7-10H2,1H3,(H,15,16);1H2. The Kier molecular flexibility index (Phi) is 4.26. The highest BCUT2D eigenvalue weighted by atomic mass is 16.4. The molecular formula is C13H19NO3. The molecule has 94 valence electrons. The van der Waals surface area contributed by atoms with E-state index in [1.54, 1.807) is 0 Å². The third kappa shape index (κ3) is 2.48. The predicted molar refractivity (Wildman–Crippen MR) is 66.1 cm³/mol. The van der Waals surface area contributed by atoms with Crippen molar-refractivity contribution in [1.29, 1.82) is 0 Å². The first-order valence-electron chi connectivity index (χ1n) is 5.63. The first kappa shape index (κ1) is 13.7. The molecule has 0 aromatic heterocycles. The van der Waals surface area contributed by atoms with Crippen LogP contribution in [0.15, 0.2) is 30.3 Å². The van der Waals surface area contributed by atoms with Crippen molar-refractivity contribution in [2.75, 3.05) is 20.1 Å². The Labute approximate surface area is 101 Å². The van der Waals surface area contributed by atoms with Crippen molar-refractivity contribution in [1.82, 2.24) is 4.90 Å². The Morgan fingerprint density at radius 3 is 2.24 bits per heavy atom. The monoisotopic (exact) mass is 237 g/mol. The molecule has 1 aliphatic rings. The maximum atomic E-state index is 11.6. The van der Waals surface area contributed by atoms with Gasteiger partial charge in [-0.3, -0.25) is 4.79 Å². The molecule has 0 bridgehead atoms. The van der Waals surface area contributed by atoms with E-state index in [1.165, 1.54) is 0 Å². The lowest BCUT2D eigenvalue weighted by Crippen LogP contribution is -2.46. The van der Waals surface area contributed by atoms with E-state index in [9.17, 15) is 9.90 Å². The average molecular weight is 237 g/mol. The number of benzene rings is 1. The van der Waals surface area contributed by atoms with E-state index in [0.717, 1.165) is 18.7 Å². The minimum atomic E-state index is -0.688. The molecule has 1 aromatic carbocycles. The Morgan fingerprint density at radius 2 is 1.76 bits per heavy atom. The number of hydrogen-bond donors (Lipinski definition) is 1. The van der Waals surface area contributed by atoms with Crippen LogP contribution in [0.2, 0.25) is 0 Å². The number of likely N-dealkylation sites (tertiary alicyclic amines) is 1. The topological polar surface area (TPSA) is 72.0 Å². The van der Waals surface area contributed by atoms with Gasteiger partial charge >= 0.3 is 5.97 Å². The maximum absolute atomic E-state index is 11.6. The number of carboxylic acids is 1. The molecule has 0 amide bonds. The third-order valence-corrected chi connectivity index (χ3v) is 3.58. The van der Waals surface area contributed by atoms with Crippen LogP contribution in [0.4, 0.5) is 0 Å². The first-order chi connectivity index (χ1) is 7.65. The molecule has 1 saturated heterocycles. The van der Waals surface area contributed by atoms with E-state index in [1.807, 2.05) is 37.4 Å². The van der Waals surface area contributed by atoms with Gasteiger partial charge in [-0.2, -0.15) is 0 Å². The second-order valence-corrected chi connectivity index (χ2v) is 4.56. The zero-order valence-corrected chi connectivity index (χ0v) is 10.0. The minimum absolute atomic E-state index is 0. The second kappa shape index (κ2) is 5.29. The molecule has 1 aliphatic heterocycles. The number of rotatable bonds is 2. The number of hydrogen-bond acceptors (Lipinski definition) is 2. The van der Waals surface area contributed by atoms with Crippen LogP contribution in [0.5, 0.6) is 0 Å². The number of carbonyl (C=O) groups is 1. The molecule has 0 spiro atoms. The quantitative estimate of drug-likeness (QED) is 0.831. The molecule has 1 aromatic rings. The number of nitrogens with zero attached hydrogens (tertiary/aromatic N) is 1. The van der Waals surface area contributed by atoms with Gasteiger partial charge in [0.1, 0.15) is 0 Å². The molecule has 0 radical (unpaired) electrons. The summed E-state index contributed by atoms with van der Waals surface area (Å²) in [6.07, 6.45) is 1.39. The molecule has 3 N–H and O–H groups in total. The molecule has 0 atom stereocenters. The summed E-state index contributed by atoms with van der Waals surface area (Å²) in [6.45, 7) is 1.70. The van der Waals surface area contributed by atoms with Crippen LogP contribution in [0, 0.1) is 0 Å². The number of aliphatic carboxylic acids is 1. The smallest absolute Gasteiger partial charge is 0.314 e. The fraction of sp³-hybridized carbons (Fsp3) is 0.462. The molecule has 17 heavy (non-hydrogen) atoms. The lowest BCUT2D eigenvalue weighted by atomic mass is 9.73. The summed E-state index contributed by atoms with van der Waals surface area (Å²) < 4.78 is 0. The first-order valence-corrected chi connectivity index (χ1v) is 5.63. The van der Waals surface area contributed by atoms with Gasteiger partial charge in [-0.1, -0.05) is 30.3 Å². The van der Waals surface area contributed by atoms with Gasteiger partial charge in [0.15, 0.2) is 0 Å². The van der Waals surface area contributed by atoms with Crippen LogP contribution in [0.1, 0.15) is 18.4 Å². The van der Waals surface area contributed by atoms with E-state index in [4.69, 9.17) is 0 Å². The minimum Gasteiger partial charge on any atom is -0.481 e. The van der Waals surface area contributed by atoms with Gasteiger partial charge in [0.2, 0.25) is 0 Å². The summed E-state index contributed by atoms with van der Waals surface area (Å²) in [5, 5.41) is 9.51. The molecule has 0 aliphatic carbocycles. The Bertz CT molecular complexity index is 370.